The van der Waals surface area contributed by atoms with Crippen molar-refractivity contribution in [2.24, 2.45) is 0 Å². The van der Waals surface area contributed by atoms with Crippen molar-refractivity contribution in [1.82, 2.24) is 0 Å². The fourth-order valence-electron chi connectivity index (χ4n) is 2.34. The van der Waals surface area contributed by atoms with E-state index >= 15 is 0 Å². The molecule has 0 radical (unpaired) electrons. The summed E-state index contributed by atoms with van der Waals surface area (Å²) in [6.07, 6.45) is 1.08. The number of hydrogen-bond donors (Lipinski definition) is 1. The number of hydrogen-bond acceptors (Lipinski definition) is 3. The van der Waals surface area contributed by atoms with Gasteiger partial charge in [-0.3, -0.25) is 9.10 Å². The number of halogens is 1. The maximum atomic E-state index is 12.4. The highest BCUT2D eigenvalue weighted by Gasteiger charge is 2.21. The van der Waals surface area contributed by atoms with Crippen LogP contribution in [0.1, 0.15) is 16.7 Å². The number of aryl methyl sites for hydroxylation is 2. The molecule has 0 unspecified atom stereocenters. The first-order valence-electron chi connectivity index (χ1n) is 7.69. The summed E-state index contributed by atoms with van der Waals surface area (Å²) in [7, 11) is -3.61. The summed E-state index contributed by atoms with van der Waals surface area (Å²) < 4.78 is 25.4. The molecule has 2 aromatic rings. The summed E-state index contributed by atoms with van der Waals surface area (Å²) in [6, 6.07) is 10.5. The van der Waals surface area contributed by atoms with E-state index in [1.54, 1.807) is 37.3 Å². The molecule has 1 N–H and O–H groups in total. The third-order valence-electron chi connectivity index (χ3n) is 4.01. The van der Waals surface area contributed by atoms with Crippen LogP contribution in [0.25, 0.3) is 0 Å². The fraction of sp³-hybridized carbons (Fsp3) is 0.278. The topological polar surface area (TPSA) is 66.5 Å². The highest BCUT2D eigenvalue weighted by atomic mass is 35.5. The lowest BCUT2D eigenvalue weighted by Crippen LogP contribution is -2.37. The van der Waals surface area contributed by atoms with Gasteiger partial charge >= 0.3 is 0 Å². The summed E-state index contributed by atoms with van der Waals surface area (Å²) in [6.45, 7) is 5.32. The standard InChI is InChI=1S/C18H21ClN2O3S/c1-12-8-9-15(10-13(12)2)21(25(4,23)24)11-18(22)20-17-7-5-6-16(19)14(17)3/h5-10H,11H2,1-4H3,(H,20,22). The van der Waals surface area contributed by atoms with Crippen LogP contribution in [0.4, 0.5) is 11.4 Å². The molecule has 0 aliphatic carbocycles. The van der Waals surface area contributed by atoms with Crippen LogP contribution in [0.2, 0.25) is 5.02 Å². The van der Waals surface area contributed by atoms with Gasteiger partial charge in [0, 0.05) is 10.7 Å². The normalized spacial score (nSPS) is 11.2. The number of rotatable bonds is 5. The van der Waals surface area contributed by atoms with Gasteiger partial charge < -0.3 is 5.32 Å². The zero-order valence-electron chi connectivity index (χ0n) is 14.6. The Hall–Kier alpha value is -2.05. The molecule has 25 heavy (non-hydrogen) atoms. The largest absolute Gasteiger partial charge is 0.324 e. The maximum Gasteiger partial charge on any atom is 0.245 e. The third kappa shape index (κ3) is 4.74. The second-order valence-electron chi connectivity index (χ2n) is 6.00. The number of carbonyl (C=O) groups is 1. The minimum atomic E-state index is -3.61. The first-order valence-corrected chi connectivity index (χ1v) is 9.92. The van der Waals surface area contributed by atoms with Crippen LogP contribution in [-0.4, -0.2) is 27.1 Å². The number of carbonyl (C=O) groups excluding carboxylic acids is 1. The number of amides is 1. The Labute approximate surface area is 153 Å². The molecule has 0 bridgehead atoms. The van der Waals surface area contributed by atoms with Crippen LogP contribution in [0.3, 0.4) is 0 Å². The van der Waals surface area contributed by atoms with Crippen LogP contribution in [0, 0.1) is 20.8 Å². The van der Waals surface area contributed by atoms with E-state index in [-0.39, 0.29) is 6.54 Å². The van der Waals surface area contributed by atoms with Gasteiger partial charge in [0.1, 0.15) is 6.54 Å². The van der Waals surface area contributed by atoms with Crippen LogP contribution < -0.4 is 9.62 Å². The van der Waals surface area contributed by atoms with Gasteiger partial charge in [0.15, 0.2) is 0 Å². The van der Waals surface area contributed by atoms with Crippen molar-refractivity contribution in [1.29, 1.82) is 0 Å². The van der Waals surface area contributed by atoms with Gasteiger partial charge in [-0.2, -0.15) is 0 Å². The van der Waals surface area contributed by atoms with Crippen LogP contribution in [0.5, 0.6) is 0 Å². The van der Waals surface area contributed by atoms with Gasteiger partial charge in [-0.1, -0.05) is 23.7 Å². The van der Waals surface area contributed by atoms with E-state index in [1.807, 2.05) is 19.9 Å². The van der Waals surface area contributed by atoms with Gasteiger partial charge in [0.2, 0.25) is 15.9 Å². The van der Waals surface area contributed by atoms with Crippen molar-refractivity contribution in [2.75, 3.05) is 22.4 Å². The summed E-state index contributed by atoms with van der Waals surface area (Å²) in [5, 5.41) is 3.25. The van der Waals surface area contributed by atoms with E-state index in [9.17, 15) is 13.2 Å². The second-order valence-corrected chi connectivity index (χ2v) is 8.31. The Bertz CT molecular complexity index is 911. The molecule has 0 spiro atoms. The zero-order valence-corrected chi connectivity index (χ0v) is 16.2. The lowest BCUT2D eigenvalue weighted by Gasteiger charge is -2.23. The monoisotopic (exact) mass is 380 g/mol. The van der Waals surface area contributed by atoms with Gasteiger partial charge in [-0.25, -0.2) is 8.42 Å². The Kier molecular flexibility index (Phi) is 5.75. The SMILES string of the molecule is Cc1ccc(N(CC(=O)Nc2cccc(Cl)c2C)S(C)(=O)=O)cc1C. The average Bonchev–Trinajstić information content (AvgIpc) is 2.51. The van der Waals surface area contributed by atoms with Crippen LogP contribution in [-0.2, 0) is 14.8 Å². The third-order valence-corrected chi connectivity index (χ3v) is 5.56. The van der Waals surface area contributed by atoms with Gasteiger partial charge in [-0.15, -0.1) is 0 Å². The molecule has 0 saturated heterocycles. The van der Waals surface area contributed by atoms with Crippen molar-refractivity contribution in [3.8, 4) is 0 Å². The number of benzene rings is 2. The predicted molar refractivity (Wildman–Crippen MR) is 103 cm³/mol. The highest BCUT2D eigenvalue weighted by Crippen LogP contribution is 2.24. The van der Waals surface area contributed by atoms with E-state index in [4.69, 9.17) is 11.6 Å². The molecule has 2 aromatic carbocycles. The number of nitrogens with zero attached hydrogens (tertiary/aromatic N) is 1. The van der Waals surface area contributed by atoms with Crippen molar-refractivity contribution in [3.05, 3.63) is 58.1 Å². The molecule has 5 nitrogen and oxygen atoms in total. The molecule has 0 heterocycles. The summed E-state index contributed by atoms with van der Waals surface area (Å²) in [4.78, 5) is 12.4. The van der Waals surface area contributed by atoms with Crippen molar-refractivity contribution < 1.29 is 13.2 Å². The van der Waals surface area contributed by atoms with Gasteiger partial charge in [-0.05, 0) is 61.7 Å². The average molecular weight is 381 g/mol. The maximum absolute atomic E-state index is 12.4. The van der Waals surface area contributed by atoms with Crippen LogP contribution in [0.15, 0.2) is 36.4 Å². The fourth-order valence-corrected chi connectivity index (χ4v) is 3.37. The summed E-state index contributed by atoms with van der Waals surface area (Å²) in [5.74, 6) is -0.436. The minimum absolute atomic E-state index is 0.312. The van der Waals surface area contributed by atoms with Crippen molar-refractivity contribution >= 4 is 38.9 Å². The summed E-state index contributed by atoms with van der Waals surface area (Å²) >= 11 is 6.05. The van der Waals surface area contributed by atoms with E-state index in [0.717, 1.165) is 27.3 Å². The molecule has 0 aromatic heterocycles. The zero-order chi connectivity index (χ0) is 18.8. The van der Waals surface area contributed by atoms with E-state index < -0.39 is 15.9 Å². The number of nitrogens with one attached hydrogen (secondary N) is 1. The lowest BCUT2D eigenvalue weighted by molar-refractivity contribution is -0.114. The first-order chi connectivity index (χ1) is 11.6. The Morgan fingerprint density at radius 1 is 1.12 bits per heavy atom. The van der Waals surface area contributed by atoms with E-state index in [1.165, 1.54) is 0 Å². The molecule has 0 aliphatic heterocycles. The van der Waals surface area contributed by atoms with Gasteiger partial charge in [0.25, 0.3) is 0 Å². The molecular formula is C18H21ClN2O3S. The molecule has 0 aliphatic rings. The number of sulfonamides is 1. The molecule has 7 heteroatoms. The van der Waals surface area contributed by atoms with Gasteiger partial charge in [0.05, 0.1) is 11.9 Å². The molecule has 0 saturated carbocycles. The highest BCUT2D eigenvalue weighted by molar-refractivity contribution is 7.92. The smallest absolute Gasteiger partial charge is 0.245 e. The number of anilines is 2. The molecule has 1 amide bonds. The van der Waals surface area contributed by atoms with Crippen molar-refractivity contribution in [2.45, 2.75) is 20.8 Å². The Morgan fingerprint density at radius 3 is 2.40 bits per heavy atom. The molecule has 134 valence electrons. The molecular weight excluding hydrogens is 360 g/mol. The minimum Gasteiger partial charge on any atom is -0.324 e. The molecule has 0 fully saturated rings. The van der Waals surface area contributed by atoms with E-state index in [2.05, 4.69) is 5.32 Å². The first kappa shape index (κ1) is 19.3. The second kappa shape index (κ2) is 7.45. The Balaban J connectivity index is 2.27. The quantitative estimate of drug-likeness (QED) is 0.860. The van der Waals surface area contributed by atoms with E-state index in [0.29, 0.717) is 16.4 Å². The predicted octanol–water partition coefficient (Wildman–Crippen LogP) is 3.67. The lowest BCUT2D eigenvalue weighted by atomic mass is 10.1. The summed E-state index contributed by atoms with van der Waals surface area (Å²) in [5.41, 5.74) is 3.76. The molecule has 2 rings (SSSR count). The molecule has 0 atom stereocenters. The Morgan fingerprint density at radius 2 is 1.80 bits per heavy atom. The van der Waals surface area contributed by atoms with Crippen molar-refractivity contribution in [3.63, 3.8) is 0 Å². The van der Waals surface area contributed by atoms with Crippen LogP contribution >= 0.6 is 11.6 Å².